The van der Waals surface area contributed by atoms with Gasteiger partial charge in [-0.25, -0.2) is 4.98 Å². The van der Waals surface area contributed by atoms with Crippen LogP contribution in [0, 0.1) is 5.41 Å². The summed E-state index contributed by atoms with van der Waals surface area (Å²) in [7, 11) is 1.84. The number of piperidine rings is 1. The number of aromatic nitrogens is 3. The number of nitrogens with zero attached hydrogens (tertiary/aromatic N) is 3. The number of rotatable bonds is 3. The summed E-state index contributed by atoms with van der Waals surface area (Å²) in [5.74, 6) is -0.354. The van der Waals surface area contributed by atoms with E-state index in [1.54, 1.807) is 17.1 Å². The lowest BCUT2D eigenvalue weighted by molar-refractivity contribution is -0.149. The van der Waals surface area contributed by atoms with Crippen LogP contribution in [0.25, 0.3) is 11.0 Å². The molecule has 2 aliphatic rings. The number of ether oxygens (including phenoxy) is 1. The van der Waals surface area contributed by atoms with E-state index >= 15 is 0 Å². The highest BCUT2D eigenvalue weighted by Crippen LogP contribution is 2.41. The van der Waals surface area contributed by atoms with Gasteiger partial charge in [0, 0.05) is 19.7 Å². The van der Waals surface area contributed by atoms with Gasteiger partial charge in [0.15, 0.2) is 0 Å². The second kappa shape index (κ2) is 6.11. The number of hydrogen-bond acceptors (Lipinski definition) is 6. The molecule has 2 aromatic rings. The lowest BCUT2D eigenvalue weighted by atomic mass is 9.76. The number of carbonyl (C=O) groups excluding carboxylic acids is 2. The van der Waals surface area contributed by atoms with Crippen molar-refractivity contribution in [3.05, 3.63) is 24.3 Å². The molecule has 132 valence electrons. The van der Waals surface area contributed by atoms with Crippen LogP contribution in [-0.2, 0) is 16.6 Å². The Morgan fingerprint density at radius 3 is 3.04 bits per heavy atom. The van der Waals surface area contributed by atoms with E-state index in [-0.39, 0.29) is 23.4 Å². The highest BCUT2D eigenvalue weighted by molar-refractivity contribution is 6.04. The molecule has 0 aliphatic carbocycles. The van der Waals surface area contributed by atoms with Gasteiger partial charge in [-0.15, -0.1) is 0 Å². The molecule has 25 heavy (non-hydrogen) atoms. The number of amides is 1. The molecule has 1 spiro atoms. The van der Waals surface area contributed by atoms with Crippen LogP contribution in [0.3, 0.4) is 0 Å². The molecule has 0 aromatic carbocycles. The molecule has 0 saturated carbocycles. The average molecular weight is 343 g/mol. The van der Waals surface area contributed by atoms with Crippen LogP contribution >= 0.6 is 0 Å². The number of cyclic esters (lactones) is 1. The van der Waals surface area contributed by atoms with Crippen LogP contribution < -0.4 is 10.6 Å². The number of fused-ring (bicyclic) bond motifs is 1. The van der Waals surface area contributed by atoms with Crippen molar-refractivity contribution >= 4 is 22.9 Å². The molecule has 4 rings (SSSR count). The normalized spacial score (nSPS) is 22.3. The monoisotopic (exact) mass is 343 g/mol. The second-order valence-corrected chi connectivity index (χ2v) is 6.88. The summed E-state index contributed by atoms with van der Waals surface area (Å²) in [6, 6.07) is 0. The van der Waals surface area contributed by atoms with Crippen LogP contribution in [0.15, 0.2) is 18.7 Å². The minimum atomic E-state index is -0.371. The number of esters is 1. The maximum absolute atomic E-state index is 12.6. The molecule has 2 saturated heterocycles. The van der Waals surface area contributed by atoms with Crippen LogP contribution in [0.1, 0.15) is 29.6 Å². The molecule has 8 heteroatoms. The molecule has 1 atom stereocenters. The summed E-state index contributed by atoms with van der Waals surface area (Å²) in [5, 5.41) is 6.15. The maximum atomic E-state index is 12.6. The Morgan fingerprint density at radius 1 is 1.44 bits per heavy atom. The first kappa shape index (κ1) is 16.0. The van der Waals surface area contributed by atoms with Crippen LogP contribution in [0.2, 0.25) is 0 Å². The number of carbonyl (C=O) groups is 2. The van der Waals surface area contributed by atoms with Gasteiger partial charge < -0.3 is 19.9 Å². The number of hydrogen-bond donors (Lipinski definition) is 2. The molecule has 4 heterocycles. The Bertz CT molecular complexity index is 825. The fourth-order valence-corrected chi connectivity index (χ4v) is 3.85. The lowest BCUT2D eigenvalue weighted by Gasteiger charge is -2.29. The fraction of sp³-hybridized carbons (Fsp3) is 0.529. The first-order chi connectivity index (χ1) is 12.1. The molecule has 0 radical (unpaired) electrons. The van der Waals surface area contributed by atoms with Crippen molar-refractivity contribution in [1.29, 1.82) is 0 Å². The highest BCUT2D eigenvalue weighted by Gasteiger charge is 2.49. The van der Waals surface area contributed by atoms with Crippen molar-refractivity contribution in [1.82, 2.24) is 25.2 Å². The van der Waals surface area contributed by atoms with E-state index in [0.717, 1.165) is 31.4 Å². The van der Waals surface area contributed by atoms with Crippen molar-refractivity contribution in [2.75, 3.05) is 19.6 Å². The van der Waals surface area contributed by atoms with Crippen LogP contribution in [-0.4, -0.2) is 52.1 Å². The molecular formula is C17H21N5O3. The van der Waals surface area contributed by atoms with Gasteiger partial charge in [0.1, 0.15) is 11.6 Å². The summed E-state index contributed by atoms with van der Waals surface area (Å²) >= 11 is 0. The molecule has 2 fully saturated rings. The van der Waals surface area contributed by atoms with Gasteiger partial charge in [0.05, 0.1) is 35.6 Å². The molecule has 2 N–H and O–H groups in total. The van der Waals surface area contributed by atoms with Crippen molar-refractivity contribution in [3.8, 4) is 0 Å². The second-order valence-electron chi connectivity index (χ2n) is 6.88. The van der Waals surface area contributed by atoms with E-state index in [1.165, 1.54) is 6.20 Å². The standard InChI is InChI=1S/C17H21N5O3/c1-22-10-21-13-9-19-8-12(14(13)22)15(23)20-7-11-6-17(16(24)25-11)2-4-18-5-3-17/h8-11,18H,2-7H2,1H3,(H,20,23). The lowest BCUT2D eigenvalue weighted by Crippen LogP contribution is -2.39. The molecule has 1 unspecified atom stereocenters. The van der Waals surface area contributed by atoms with Gasteiger partial charge in [0.2, 0.25) is 0 Å². The van der Waals surface area contributed by atoms with Gasteiger partial charge >= 0.3 is 5.97 Å². The molecule has 1 amide bonds. The fourth-order valence-electron chi connectivity index (χ4n) is 3.85. The van der Waals surface area contributed by atoms with Gasteiger partial charge in [0.25, 0.3) is 5.91 Å². The third-order valence-electron chi connectivity index (χ3n) is 5.24. The predicted octanol–water partition coefficient (Wildman–Crippen LogP) is 0.383. The Hall–Kier alpha value is -2.48. The smallest absolute Gasteiger partial charge is 0.312 e. The predicted molar refractivity (Wildman–Crippen MR) is 89.9 cm³/mol. The number of pyridine rings is 1. The van der Waals surface area contributed by atoms with E-state index in [1.807, 2.05) is 7.05 Å². The van der Waals surface area contributed by atoms with Crippen LogP contribution in [0.4, 0.5) is 0 Å². The van der Waals surface area contributed by atoms with Crippen molar-refractivity contribution in [3.63, 3.8) is 0 Å². The minimum absolute atomic E-state index is 0.122. The molecule has 2 aromatic heterocycles. The Kier molecular flexibility index (Phi) is 3.91. The maximum Gasteiger partial charge on any atom is 0.312 e. The molecule has 8 nitrogen and oxygen atoms in total. The van der Waals surface area contributed by atoms with Gasteiger partial charge in [-0.1, -0.05) is 0 Å². The highest BCUT2D eigenvalue weighted by atomic mass is 16.6. The van der Waals surface area contributed by atoms with E-state index < -0.39 is 0 Å². The quantitative estimate of drug-likeness (QED) is 0.782. The third-order valence-corrected chi connectivity index (χ3v) is 5.24. The average Bonchev–Trinajstić information content (AvgIpc) is 3.14. The van der Waals surface area contributed by atoms with Crippen molar-refractivity contribution in [2.45, 2.75) is 25.4 Å². The molecule has 2 aliphatic heterocycles. The Balaban J connectivity index is 1.44. The number of imidazole rings is 1. The summed E-state index contributed by atoms with van der Waals surface area (Å²) in [4.78, 5) is 33.1. The molecular weight excluding hydrogens is 322 g/mol. The number of aryl methyl sites for hydroxylation is 1. The van der Waals surface area contributed by atoms with Gasteiger partial charge in [-0.3, -0.25) is 14.6 Å². The van der Waals surface area contributed by atoms with Crippen molar-refractivity contribution in [2.24, 2.45) is 12.5 Å². The summed E-state index contributed by atoms with van der Waals surface area (Å²) in [5.41, 5.74) is 1.52. The molecule has 0 bridgehead atoms. The summed E-state index contributed by atoms with van der Waals surface area (Å²) in [6.45, 7) is 1.98. The van der Waals surface area contributed by atoms with E-state index in [9.17, 15) is 9.59 Å². The first-order valence-electron chi connectivity index (χ1n) is 8.54. The van der Waals surface area contributed by atoms with Crippen molar-refractivity contribution < 1.29 is 14.3 Å². The first-order valence-corrected chi connectivity index (χ1v) is 8.54. The van der Waals surface area contributed by atoms with Crippen LogP contribution in [0.5, 0.6) is 0 Å². The summed E-state index contributed by atoms with van der Waals surface area (Å²) < 4.78 is 7.32. The minimum Gasteiger partial charge on any atom is -0.460 e. The Labute approximate surface area is 145 Å². The third kappa shape index (κ3) is 2.76. The van der Waals surface area contributed by atoms with E-state index in [4.69, 9.17) is 4.74 Å². The van der Waals surface area contributed by atoms with Gasteiger partial charge in [-0.05, 0) is 25.9 Å². The SMILES string of the molecule is Cn1cnc2cncc(C(=O)NCC3CC4(CCNCC4)C(=O)O3)c21. The topological polar surface area (TPSA) is 98.1 Å². The zero-order valence-corrected chi connectivity index (χ0v) is 14.1. The zero-order valence-electron chi connectivity index (χ0n) is 14.1. The summed E-state index contributed by atoms with van der Waals surface area (Å²) in [6.07, 6.45) is 6.82. The number of nitrogens with one attached hydrogen (secondary N) is 2. The largest absolute Gasteiger partial charge is 0.460 e. The van der Waals surface area contributed by atoms with Gasteiger partial charge in [-0.2, -0.15) is 0 Å². The van der Waals surface area contributed by atoms with E-state index in [2.05, 4.69) is 20.6 Å². The Morgan fingerprint density at radius 2 is 2.24 bits per heavy atom. The zero-order chi connectivity index (χ0) is 17.4. The van der Waals surface area contributed by atoms with E-state index in [0.29, 0.717) is 24.0 Å².